The third-order valence-corrected chi connectivity index (χ3v) is 2.03. The number of hydrogen-bond acceptors (Lipinski definition) is 4. The van der Waals surface area contributed by atoms with Gasteiger partial charge in [0.15, 0.2) is 0 Å². The zero-order chi connectivity index (χ0) is 12.3. The van der Waals surface area contributed by atoms with E-state index < -0.39 is 23.0 Å². The fourth-order valence-corrected chi connectivity index (χ4v) is 1.46. The molecular weight excluding hydrogens is 236 g/mol. The van der Waals surface area contributed by atoms with Crippen LogP contribution in [0.3, 0.4) is 0 Å². The van der Waals surface area contributed by atoms with E-state index >= 15 is 0 Å². The lowest BCUT2D eigenvalue weighted by molar-refractivity contribution is -0.385. The molecule has 0 aliphatic rings. The van der Waals surface area contributed by atoms with Crippen LogP contribution in [0.5, 0.6) is 0 Å². The Morgan fingerprint density at radius 3 is 2.69 bits per heavy atom. The Labute approximate surface area is 94.8 Å². The standard InChI is InChI=1S/C9H5ClN2O4/c10-6-1-5(2-9(13)14)7(4-11)8(3-6)12(15)16/h1,3H,2H2,(H,13,14). The van der Waals surface area contributed by atoms with Gasteiger partial charge in [0.05, 0.1) is 11.3 Å². The molecule has 0 fully saturated rings. The van der Waals surface area contributed by atoms with Crippen molar-refractivity contribution in [3.8, 4) is 6.07 Å². The van der Waals surface area contributed by atoms with Gasteiger partial charge in [-0.15, -0.1) is 0 Å². The zero-order valence-corrected chi connectivity index (χ0v) is 8.56. The van der Waals surface area contributed by atoms with Gasteiger partial charge in [-0.25, -0.2) is 0 Å². The van der Waals surface area contributed by atoms with Gasteiger partial charge in [-0.2, -0.15) is 5.26 Å². The monoisotopic (exact) mass is 240 g/mol. The van der Waals surface area contributed by atoms with Crippen molar-refractivity contribution in [1.82, 2.24) is 0 Å². The lowest BCUT2D eigenvalue weighted by Crippen LogP contribution is -2.04. The number of carboxylic acid groups (broad SMARTS) is 1. The van der Waals surface area contributed by atoms with Crippen molar-refractivity contribution < 1.29 is 14.8 Å². The first-order chi connectivity index (χ1) is 7.45. The number of aliphatic carboxylic acids is 1. The van der Waals surface area contributed by atoms with Crippen LogP contribution >= 0.6 is 11.6 Å². The largest absolute Gasteiger partial charge is 0.481 e. The molecule has 0 radical (unpaired) electrons. The Morgan fingerprint density at radius 2 is 2.25 bits per heavy atom. The maximum atomic E-state index is 10.6. The number of halogens is 1. The molecule has 0 saturated carbocycles. The molecule has 16 heavy (non-hydrogen) atoms. The summed E-state index contributed by atoms with van der Waals surface area (Å²) in [5.41, 5.74) is -0.711. The first-order valence-corrected chi connectivity index (χ1v) is 4.42. The molecule has 82 valence electrons. The molecule has 0 saturated heterocycles. The average Bonchev–Trinajstić information content (AvgIpc) is 2.15. The highest BCUT2D eigenvalue weighted by Crippen LogP contribution is 2.27. The van der Waals surface area contributed by atoms with E-state index in [1.807, 2.05) is 0 Å². The highest BCUT2D eigenvalue weighted by molar-refractivity contribution is 6.31. The first-order valence-electron chi connectivity index (χ1n) is 4.04. The summed E-state index contributed by atoms with van der Waals surface area (Å²) in [6, 6.07) is 3.87. The lowest BCUT2D eigenvalue weighted by atomic mass is 10.0. The molecule has 0 heterocycles. The number of nitriles is 1. The number of nitro benzene ring substituents is 1. The Bertz CT molecular complexity index is 507. The molecule has 0 unspecified atom stereocenters. The van der Waals surface area contributed by atoms with Crippen LogP contribution in [0.1, 0.15) is 11.1 Å². The van der Waals surface area contributed by atoms with E-state index in [0.717, 1.165) is 6.07 Å². The van der Waals surface area contributed by atoms with Crippen molar-refractivity contribution in [2.24, 2.45) is 0 Å². The van der Waals surface area contributed by atoms with Gasteiger partial charge in [0.1, 0.15) is 11.6 Å². The van der Waals surface area contributed by atoms with Gasteiger partial charge in [-0.05, 0) is 11.6 Å². The normalized spacial score (nSPS) is 9.50. The minimum atomic E-state index is -1.19. The Kier molecular flexibility index (Phi) is 3.43. The molecule has 0 atom stereocenters. The topological polar surface area (TPSA) is 104 Å². The van der Waals surface area contributed by atoms with Gasteiger partial charge < -0.3 is 5.11 Å². The third kappa shape index (κ3) is 2.46. The molecule has 1 rings (SSSR count). The molecule has 0 bridgehead atoms. The SMILES string of the molecule is N#Cc1c(CC(=O)O)cc(Cl)cc1[N+](=O)[O-]. The Hall–Kier alpha value is -2.13. The van der Waals surface area contributed by atoms with Crippen LogP contribution in [0.15, 0.2) is 12.1 Å². The minimum absolute atomic E-state index is 0.0296. The molecule has 0 aliphatic carbocycles. The van der Waals surface area contributed by atoms with Crippen molar-refractivity contribution in [3.05, 3.63) is 38.4 Å². The van der Waals surface area contributed by atoms with Crippen molar-refractivity contribution in [2.75, 3.05) is 0 Å². The fourth-order valence-electron chi connectivity index (χ4n) is 1.22. The smallest absolute Gasteiger partial charge is 0.307 e. The van der Waals surface area contributed by atoms with Gasteiger partial charge >= 0.3 is 5.97 Å². The van der Waals surface area contributed by atoms with Crippen LogP contribution in [-0.2, 0) is 11.2 Å². The minimum Gasteiger partial charge on any atom is -0.481 e. The van der Waals surface area contributed by atoms with Gasteiger partial charge in [0, 0.05) is 11.1 Å². The van der Waals surface area contributed by atoms with Crippen molar-refractivity contribution >= 4 is 23.3 Å². The second kappa shape index (κ2) is 4.59. The molecule has 1 N–H and O–H groups in total. The van der Waals surface area contributed by atoms with Crippen LogP contribution in [0.25, 0.3) is 0 Å². The van der Waals surface area contributed by atoms with Crippen LogP contribution in [-0.4, -0.2) is 16.0 Å². The van der Waals surface area contributed by atoms with E-state index in [-0.39, 0.29) is 16.1 Å². The second-order valence-electron chi connectivity index (χ2n) is 2.90. The maximum Gasteiger partial charge on any atom is 0.307 e. The van der Waals surface area contributed by atoms with E-state index in [4.69, 9.17) is 22.0 Å². The summed E-state index contributed by atoms with van der Waals surface area (Å²) in [6.07, 6.45) is -0.482. The summed E-state index contributed by atoms with van der Waals surface area (Å²) in [4.78, 5) is 20.4. The Morgan fingerprint density at radius 1 is 1.62 bits per heavy atom. The van der Waals surface area contributed by atoms with Gasteiger partial charge in [-0.3, -0.25) is 14.9 Å². The maximum absolute atomic E-state index is 10.6. The van der Waals surface area contributed by atoms with Gasteiger partial charge in [-0.1, -0.05) is 11.6 Å². The highest BCUT2D eigenvalue weighted by Gasteiger charge is 2.20. The molecule has 0 amide bonds. The predicted molar refractivity (Wildman–Crippen MR) is 54.2 cm³/mol. The molecule has 6 nitrogen and oxygen atoms in total. The number of hydrogen-bond donors (Lipinski definition) is 1. The molecule has 0 spiro atoms. The summed E-state index contributed by atoms with van der Waals surface area (Å²) in [6.45, 7) is 0. The van der Waals surface area contributed by atoms with Crippen LogP contribution in [0, 0.1) is 21.4 Å². The number of rotatable bonds is 3. The number of carbonyl (C=O) groups is 1. The quantitative estimate of drug-likeness (QED) is 0.640. The lowest BCUT2D eigenvalue weighted by Gasteiger charge is -2.02. The van der Waals surface area contributed by atoms with Gasteiger partial charge in [0.2, 0.25) is 0 Å². The fraction of sp³-hybridized carbons (Fsp3) is 0.111. The summed E-state index contributed by atoms with van der Waals surface area (Å²) in [7, 11) is 0. The summed E-state index contributed by atoms with van der Waals surface area (Å²) < 4.78 is 0. The zero-order valence-electron chi connectivity index (χ0n) is 7.81. The summed E-state index contributed by atoms with van der Waals surface area (Å²) in [5.74, 6) is -1.19. The summed E-state index contributed by atoms with van der Waals surface area (Å²) in [5, 5.41) is 28.0. The molecule has 7 heteroatoms. The van der Waals surface area contributed by atoms with Crippen LogP contribution in [0.4, 0.5) is 5.69 Å². The van der Waals surface area contributed by atoms with Crippen LogP contribution in [0.2, 0.25) is 5.02 Å². The van der Waals surface area contributed by atoms with Crippen molar-refractivity contribution in [3.63, 3.8) is 0 Å². The number of carboxylic acids is 1. The van der Waals surface area contributed by atoms with Gasteiger partial charge in [0.25, 0.3) is 5.69 Å². The third-order valence-electron chi connectivity index (χ3n) is 1.81. The molecule has 1 aromatic rings. The van der Waals surface area contributed by atoms with E-state index in [0.29, 0.717) is 0 Å². The van der Waals surface area contributed by atoms with E-state index in [1.54, 1.807) is 6.07 Å². The van der Waals surface area contributed by atoms with E-state index in [9.17, 15) is 14.9 Å². The first kappa shape index (κ1) is 11.9. The van der Waals surface area contributed by atoms with E-state index in [2.05, 4.69) is 0 Å². The number of benzene rings is 1. The number of nitrogens with zero attached hydrogens (tertiary/aromatic N) is 2. The van der Waals surface area contributed by atoms with Crippen molar-refractivity contribution in [2.45, 2.75) is 6.42 Å². The highest BCUT2D eigenvalue weighted by atomic mass is 35.5. The molecular formula is C9H5ClN2O4. The second-order valence-corrected chi connectivity index (χ2v) is 3.33. The molecule has 1 aromatic carbocycles. The van der Waals surface area contributed by atoms with Crippen LogP contribution < -0.4 is 0 Å². The molecule has 0 aliphatic heterocycles. The Balaban J connectivity index is 3.43. The number of nitro groups is 1. The molecule has 0 aromatic heterocycles. The van der Waals surface area contributed by atoms with Crippen molar-refractivity contribution in [1.29, 1.82) is 5.26 Å². The average molecular weight is 241 g/mol. The van der Waals surface area contributed by atoms with E-state index in [1.165, 1.54) is 6.07 Å². The summed E-state index contributed by atoms with van der Waals surface area (Å²) >= 11 is 5.60. The predicted octanol–water partition coefficient (Wildman–Crippen LogP) is 1.75.